The maximum atomic E-state index is 13.5. The number of fused-ring (bicyclic) bond motifs is 1. The van der Waals surface area contributed by atoms with Gasteiger partial charge in [0.05, 0.1) is 37.7 Å². The Balaban J connectivity index is 2.11. The lowest BCUT2D eigenvalue weighted by Gasteiger charge is -2.36. The molecule has 0 N–H and O–H groups in total. The average molecular weight is 468 g/mol. The van der Waals surface area contributed by atoms with Gasteiger partial charge in [-0.2, -0.15) is 4.31 Å². The van der Waals surface area contributed by atoms with Crippen molar-refractivity contribution in [1.82, 2.24) is 4.31 Å². The molecular formula is C22H26ClNO6S. The standard InChI is InChI=1S/C22H26ClNO6S/c1-4-29-20-11-15-9-10-24(31(26,27)17-8-6-7-16(23)12-17)19(14-22(25)28-3)18(15)13-21(20)30-5-2/h6-8,11-13,19H,4-5,9-10,14H2,1-3H3/t19-/m0/s1. The molecule has 31 heavy (non-hydrogen) atoms. The summed E-state index contributed by atoms with van der Waals surface area (Å²) in [7, 11) is -2.62. The summed E-state index contributed by atoms with van der Waals surface area (Å²) in [5, 5.41) is 0.322. The van der Waals surface area contributed by atoms with Gasteiger partial charge >= 0.3 is 5.97 Å². The van der Waals surface area contributed by atoms with Crippen molar-refractivity contribution >= 4 is 27.6 Å². The van der Waals surface area contributed by atoms with E-state index in [1.807, 2.05) is 19.9 Å². The smallest absolute Gasteiger partial charge is 0.307 e. The fraction of sp³-hybridized carbons (Fsp3) is 0.409. The molecule has 0 fully saturated rings. The minimum absolute atomic E-state index is 0.0780. The number of nitrogens with zero attached hydrogens (tertiary/aromatic N) is 1. The van der Waals surface area contributed by atoms with Gasteiger partial charge in [-0.05, 0) is 61.7 Å². The highest BCUT2D eigenvalue weighted by Crippen LogP contribution is 2.42. The summed E-state index contributed by atoms with van der Waals surface area (Å²) in [6.07, 6.45) is 0.349. The van der Waals surface area contributed by atoms with Crippen LogP contribution in [0.3, 0.4) is 0 Å². The van der Waals surface area contributed by atoms with Crippen LogP contribution in [0.5, 0.6) is 11.5 Å². The van der Waals surface area contributed by atoms with Crippen LogP contribution >= 0.6 is 11.6 Å². The topological polar surface area (TPSA) is 82.1 Å². The molecule has 0 radical (unpaired) electrons. The van der Waals surface area contributed by atoms with Gasteiger partial charge in [-0.3, -0.25) is 4.79 Å². The van der Waals surface area contributed by atoms with Gasteiger partial charge in [0, 0.05) is 11.6 Å². The van der Waals surface area contributed by atoms with Gasteiger partial charge in [0.1, 0.15) is 0 Å². The van der Waals surface area contributed by atoms with Gasteiger partial charge in [-0.15, -0.1) is 0 Å². The lowest BCUT2D eigenvalue weighted by atomic mass is 9.91. The first-order valence-electron chi connectivity index (χ1n) is 10.1. The van der Waals surface area contributed by atoms with E-state index in [1.165, 1.54) is 23.5 Å². The summed E-state index contributed by atoms with van der Waals surface area (Å²) in [6.45, 7) is 4.85. The Morgan fingerprint density at radius 3 is 2.42 bits per heavy atom. The number of carbonyl (C=O) groups is 1. The predicted molar refractivity (Wildman–Crippen MR) is 117 cm³/mol. The van der Waals surface area contributed by atoms with Crippen LogP contribution in [0.1, 0.15) is 37.4 Å². The summed E-state index contributed by atoms with van der Waals surface area (Å²) in [5.41, 5.74) is 1.62. The number of benzene rings is 2. The molecule has 1 aliphatic rings. The van der Waals surface area contributed by atoms with Crippen LogP contribution in [0.15, 0.2) is 41.3 Å². The minimum atomic E-state index is -3.91. The van der Waals surface area contributed by atoms with E-state index in [-0.39, 0.29) is 17.9 Å². The molecule has 1 aliphatic heterocycles. The second-order valence-corrected chi connectivity index (χ2v) is 9.31. The molecule has 1 atom stereocenters. The van der Waals surface area contributed by atoms with Crippen LogP contribution in [0.25, 0.3) is 0 Å². The maximum Gasteiger partial charge on any atom is 0.307 e. The van der Waals surface area contributed by atoms with Gasteiger partial charge < -0.3 is 14.2 Å². The first-order valence-corrected chi connectivity index (χ1v) is 11.9. The van der Waals surface area contributed by atoms with Gasteiger partial charge in [0.25, 0.3) is 0 Å². The van der Waals surface area contributed by atoms with E-state index in [9.17, 15) is 13.2 Å². The molecule has 0 saturated heterocycles. The SMILES string of the molecule is CCOc1cc2c(cc1OCC)[C@H](CC(=O)OC)N(S(=O)(=O)c1cccc(Cl)c1)CC2. The number of esters is 1. The Kier molecular flexibility index (Phi) is 7.46. The molecule has 0 amide bonds. The molecule has 0 spiro atoms. The number of halogens is 1. The highest BCUT2D eigenvalue weighted by Gasteiger charge is 2.38. The zero-order valence-electron chi connectivity index (χ0n) is 17.8. The second-order valence-electron chi connectivity index (χ2n) is 6.98. The molecule has 0 saturated carbocycles. The van der Waals surface area contributed by atoms with Crippen molar-refractivity contribution in [3.63, 3.8) is 0 Å². The van der Waals surface area contributed by atoms with Crippen LogP contribution in [0.2, 0.25) is 5.02 Å². The number of carbonyl (C=O) groups excluding carboxylic acids is 1. The number of rotatable bonds is 8. The fourth-order valence-electron chi connectivity index (χ4n) is 3.73. The van der Waals surface area contributed by atoms with Crippen molar-refractivity contribution in [2.24, 2.45) is 0 Å². The van der Waals surface area contributed by atoms with E-state index in [0.29, 0.717) is 41.7 Å². The summed E-state index contributed by atoms with van der Waals surface area (Å²) in [6, 6.07) is 9.01. The van der Waals surface area contributed by atoms with Gasteiger partial charge in [0.2, 0.25) is 10.0 Å². The summed E-state index contributed by atoms with van der Waals surface area (Å²) >= 11 is 6.03. The quantitative estimate of drug-likeness (QED) is 0.546. The van der Waals surface area contributed by atoms with Crippen LogP contribution in [-0.2, 0) is 26.0 Å². The number of ether oxygens (including phenoxy) is 3. The number of sulfonamides is 1. The molecule has 2 aromatic rings. The third-order valence-corrected chi connectivity index (χ3v) is 7.24. The molecule has 0 aromatic heterocycles. The molecule has 1 heterocycles. The Morgan fingerprint density at radius 1 is 1.13 bits per heavy atom. The van der Waals surface area contributed by atoms with Crippen LogP contribution in [0.4, 0.5) is 0 Å². The van der Waals surface area contributed by atoms with Crippen LogP contribution < -0.4 is 9.47 Å². The molecule has 0 unspecified atom stereocenters. The molecule has 0 aliphatic carbocycles. The van der Waals surface area contributed by atoms with Crippen molar-refractivity contribution in [2.75, 3.05) is 26.9 Å². The Labute approximate surface area is 187 Å². The van der Waals surface area contributed by atoms with Crippen LogP contribution in [0, 0.1) is 0 Å². The summed E-state index contributed by atoms with van der Waals surface area (Å²) in [4.78, 5) is 12.3. The minimum Gasteiger partial charge on any atom is -0.490 e. The molecule has 2 aromatic carbocycles. The zero-order chi connectivity index (χ0) is 22.6. The third kappa shape index (κ3) is 4.97. The summed E-state index contributed by atoms with van der Waals surface area (Å²) in [5.74, 6) is 0.613. The van der Waals surface area contributed by atoms with E-state index in [4.69, 9.17) is 25.8 Å². The fourth-order valence-corrected chi connectivity index (χ4v) is 5.63. The van der Waals surface area contributed by atoms with E-state index in [0.717, 1.165) is 5.56 Å². The zero-order valence-corrected chi connectivity index (χ0v) is 19.3. The van der Waals surface area contributed by atoms with Gasteiger partial charge in [0.15, 0.2) is 11.5 Å². The van der Waals surface area contributed by atoms with Crippen LogP contribution in [-0.4, -0.2) is 45.6 Å². The van der Waals surface area contributed by atoms with Crippen molar-refractivity contribution in [2.45, 2.75) is 37.6 Å². The first kappa shape index (κ1) is 23.4. The normalized spacial score (nSPS) is 16.5. The highest BCUT2D eigenvalue weighted by molar-refractivity contribution is 7.89. The second kappa shape index (κ2) is 9.89. The van der Waals surface area contributed by atoms with Gasteiger partial charge in [-0.25, -0.2) is 8.42 Å². The molecule has 168 valence electrons. The van der Waals surface area contributed by atoms with Gasteiger partial charge in [-0.1, -0.05) is 17.7 Å². The predicted octanol–water partition coefficient (Wildman–Crippen LogP) is 3.99. The number of hydrogen-bond donors (Lipinski definition) is 0. The van der Waals surface area contributed by atoms with E-state index in [1.54, 1.807) is 18.2 Å². The molecule has 3 rings (SSSR count). The largest absolute Gasteiger partial charge is 0.490 e. The summed E-state index contributed by atoms with van der Waals surface area (Å²) < 4.78 is 44.6. The number of hydrogen-bond acceptors (Lipinski definition) is 6. The lowest BCUT2D eigenvalue weighted by Crippen LogP contribution is -2.41. The lowest BCUT2D eigenvalue weighted by molar-refractivity contribution is -0.141. The Hall–Kier alpha value is -2.29. The molecular weight excluding hydrogens is 442 g/mol. The third-order valence-electron chi connectivity index (χ3n) is 5.10. The van der Waals surface area contributed by atoms with Crippen molar-refractivity contribution in [3.05, 3.63) is 52.5 Å². The first-order chi connectivity index (χ1) is 14.8. The van der Waals surface area contributed by atoms with E-state index in [2.05, 4.69) is 0 Å². The molecule has 9 heteroatoms. The number of methoxy groups -OCH3 is 1. The monoisotopic (exact) mass is 467 g/mol. The molecule has 7 nitrogen and oxygen atoms in total. The van der Waals surface area contributed by atoms with Crippen molar-refractivity contribution in [3.8, 4) is 11.5 Å². The molecule has 0 bridgehead atoms. The van der Waals surface area contributed by atoms with Crippen molar-refractivity contribution in [1.29, 1.82) is 0 Å². The Bertz CT molecular complexity index is 1060. The highest BCUT2D eigenvalue weighted by atomic mass is 35.5. The Morgan fingerprint density at radius 2 is 1.81 bits per heavy atom. The average Bonchev–Trinajstić information content (AvgIpc) is 2.74. The maximum absolute atomic E-state index is 13.5. The van der Waals surface area contributed by atoms with Crippen molar-refractivity contribution < 1.29 is 27.4 Å². The van der Waals surface area contributed by atoms with E-state index >= 15 is 0 Å². The van der Waals surface area contributed by atoms with E-state index < -0.39 is 22.0 Å².